The summed E-state index contributed by atoms with van der Waals surface area (Å²) in [6.07, 6.45) is 2.09. The highest BCUT2D eigenvalue weighted by Gasteiger charge is 2.41. The van der Waals surface area contributed by atoms with Gasteiger partial charge in [-0.1, -0.05) is 12.1 Å². The fraction of sp³-hybridized carbons (Fsp3) is 0.500. The van der Waals surface area contributed by atoms with E-state index in [2.05, 4.69) is 5.32 Å². The van der Waals surface area contributed by atoms with Gasteiger partial charge in [0, 0.05) is 6.04 Å². The summed E-state index contributed by atoms with van der Waals surface area (Å²) in [7, 11) is 1.35. The van der Waals surface area contributed by atoms with Crippen molar-refractivity contribution < 1.29 is 13.9 Å². The van der Waals surface area contributed by atoms with Crippen molar-refractivity contribution in [1.29, 1.82) is 0 Å². The van der Waals surface area contributed by atoms with Crippen LogP contribution in [0.3, 0.4) is 0 Å². The molecule has 98 valence electrons. The lowest BCUT2D eigenvalue weighted by molar-refractivity contribution is -0.148. The summed E-state index contributed by atoms with van der Waals surface area (Å²) in [5.41, 5.74) is 0.187. The van der Waals surface area contributed by atoms with Crippen LogP contribution < -0.4 is 5.32 Å². The van der Waals surface area contributed by atoms with E-state index in [1.165, 1.54) is 13.2 Å². The van der Waals surface area contributed by atoms with E-state index in [1.54, 1.807) is 26.0 Å². The van der Waals surface area contributed by atoms with E-state index in [9.17, 15) is 9.18 Å². The second kappa shape index (κ2) is 4.69. The van der Waals surface area contributed by atoms with Crippen molar-refractivity contribution in [1.82, 2.24) is 5.32 Å². The van der Waals surface area contributed by atoms with Crippen LogP contribution >= 0.6 is 0 Å². The normalized spacial score (nSPS) is 18.2. The zero-order chi connectivity index (χ0) is 13.3. The lowest BCUT2D eigenvalue weighted by Gasteiger charge is -2.29. The molecular weight excluding hydrogens is 233 g/mol. The van der Waals surface area contributed by atoms with Crippen LogP contribution in [0.15, 0.2) is 18.2 Å². The molecule has 1 aromatic carbocycles. The molecule has 1 saturated carbocycles. The monoisotopic (exact) mass is 251 g/mol. The first-order valence-electron chi connectivity index (χ1n) is 6.10. The smallest absolute Gasteiger partial charge is 0.330 e. The highest BCUT2D eigenvalue weighted by atomic mass is 19.1. The Hall–Kier alpha value is -1.42. The highest BCUT2D eigenvalue weighted by molar-refractivity contribution is 5.82. The van der Waals surface area contributed by atoms with E-state index in [0.29, 0.717) is 17.2 Å². The van der Waals surface area contributed by atoms with Crippen LogP contribution in [0.5, 0.6) is 0 Å². The van der Waals surface area contributed by atoms with Crippen LogP contribution in [-0.2, 0) is 15.1 Å². The van der Waals surface area contributed by atoms with E-state index in [-0.39, 0.29) is 5.82 Å². The Morgan fingerprint density at radius 2 is 2.17 bits per heavy atom. The number of aryl methyl sites for hydroxylation is 1. The Morgan fingerprint density at radius 1 is 1.50 bits per heavy atom. The van der Waals surface area contributed by atoms with Gasteiger partial charge in [0.25, 0.3) is 0 Å². The van der Waals surface area contributed by atoms with Crippen molar-refractivity contribution in [3.63, 3.8) is 0 Å². The molecule has 0 spiro atoms. The van der Waals surface area contributed by atoms with Gasteiger partial charge in [0.05, 0.1) is 7.11 Å². The van der Waals surface area contributed by atoms with Crippen LogP contribution in [-0.4, -0.2) is 19.1 Å². The molecule has 1 atom stereocenters. The second-order valence-corrected chi connectivity index (χ2v) is 5.00. The SMILES string of the molecule is COC(=O)C(C)(NC1CC1)c1ccc(C)c(F)c1. The quantitative estimate of drug-likeness (QED) is 0.834. The number of hydrogen-bond acceptors (Lipinski definition) is 3. The highest BCUT2D eigenvalue weighted by Crippen LogP contribution is 2.30. The Kier molecular flexibility index (Phi) is 3.39. The zero-order valence-corrected chi connectivity index (χ0v) is 10.9. The summed E-state index contributed by atoms with van der Waals surface area (Å²) < 4.78 is 18.5. The van der Waals surface area contributed by atoms with Crippen molar-refractivity contribution in [2.24, 2.45) is 0 Å². The van der Waals surface area contributed by atoms with Crippen LogP contribution in [0.1, 0.15) is 30.9 Å². The molecule has 1 unspecified atom stereocenters. The average molecular weight is 251 g/mol. The third kappa shape index (κ3) is 2.38. The third-order valence-electron chi connectivity index (χ3n) is 3.41. The molecule has 18 heavy (non-hydrogen) atoms. The number of halogens is 1. The Morgan fingerprint density at radius 3 is 2.67 bits per heavy atom. The van der Waals surface area contributed by atoms with Crippen molar-refractivity contribution in [2.45, 2.75) is 38.3 Å². The van der Waals surface area contributed by atoms with Crippen molar-refractivity contribution in [2.75, 3.05) is 7.11 Å². The van der Waals surface area contributed by atoms with E-state index in [1.807, 2.05) is 0 Å². The standard InChI is InChI=1S/C14H18FNO2/c1-9-4-5-10(8-12(9)15)14(2,13(17)18-3)16-11-6-7-11/h4-5,8,11,16H,6-7H2,1-3H3. The summed E-state index contributed by atoms with van der Waals surface area (Å²) in [5.74, 6) is -0.696. The maximum Gasteiger partial charge on any atom is 0.330 e. The van der Waals surface area contributed by atoms with Crippen LogP contribution in [0.2, 0.25) is 0 Å². The molecule has 0 aromatic heterocycles. The molecule has 0 aliphatic heterocycles. The summed E-state index contributed by atoms with van der Waals surface area (Å²) in [6, 6.07) is 5.17. The van der Waals surface area contributed by atoms with Crippen LogP contribution in [0.4, 0.5) is 4.39 Å². The topological polar surface area (TPSA) is 38.3 Å². The Labute approximate surface area is 106 Å². The molecule has 2 rings (SSSR count). The summed E-state index contributed by atoms with van der Waals surface area (Å²) in [6.45, 7) is 3.43. The maximum absolute atomic E-state index is 13.7. The van der Waals surface area contributed by atoms with Crippen LogP contribution in [0.25, 0.3) is 0 Å². The second-order valence-electron chi connectivity index (χ2n) is 5.00. The molecule has 1 fully saturated rings. The van der Waals surface area contributed by atoms with Crippen molar-refractivity contribution >= 4 is 5.97 Å². The molecule has 4 heteroatoms. The minimum absolute atomic E-state index is 0.305. The lowest BCUT2D eigenvalue weighted by Crippen LogP contribution is -2.48. The van der Waals surface area contributed by atoms with Gasteiger partial charge < -0.3 is 4.74 Å². The number of carbonyl (C=O) groups excluding carboxylic acids is 1. The minimum atomic E-state index is -0.982. The summed E-state index contributed by atoms with van der Waals surface area (Å²) in [4.78, 5) is 12.0. The molecule has 0 bridgehead atoms. The van der Waals surface area contributed by atoms with Gasteiger partial charge in [-0.2, -0.15) is 0 Å². The first-order valence-corrected chi connectivity index (χ1v) is 6.10. The molecule has 1 aliphatic carbocycles. The molecule has 0 heterocycles. The predicted molar refractivity (Wildman–Crippen MR) is 66.7 cm³/mol. The first-order chi connectivity index (χ1) is 8.47. The molecular formula is C14H18FNO2. The first kappa shape index (κ1) is 13.0. The number of rotatable bonds is 4. The number of ether oxygens (including phenoxy) is 1. The molecule has 0 saturated heterocycles. The molecule has 1 aliphatic rings. The Balaban J connectivity index is 2.37. The van der Waals surface area contributed by atoms with Crippen molar-refractivity contribution in [3.8, 4) is 0 Å². The lowest BCUT2D eigenvalue weighted by atomic mass is 9.91. The van der Waals surface area contributed by atoms with E-state index in [0.717, 1.165) is 12.8 Å². The van der Waals surface area contributed by atoms with Gasteiger partial charge in [0.1, 0.15) is 11.4 Å². The number of carbonyl (C=O) groups is 1. The van der Waals surface area contributed by atoms with Gasteiger partial charge in [-0.15, -0.1) is 0 Å². The molecule has 1 N–H and O–H groups in total. The predicted octanol–water partition coefficient (Wildman–Crippen LogP) is 2.27. The zero-order valence-electron chi connectivity index (χ0n) is 10.9. The number of hydrogen-bond donors (Lipinski definition) is 1. The number of nitrogens with one attached hydrogen (secondary N) is 1. The third-order valence-corrected chi connectivity index (χ3v) is 3.41. The molecule has 0 radical (unpaired) electrons. The van der Waals surface area contributed by atoms with Gasteiger partial charge in [-0.25, -0.2) is 9.18 Å². The molecule has 3 nitrogen and oxygen atoms in total. The van der Waals surface area contributed by atoms with Gasteiger partial charge in [-0.05, 0) is 43.9 Å². The van der Waals surface area contributed by atoms with Crippen LogP contribution in [0, 0.1) is 12.7 Å². The fourth-order valence-electron chi connectivity index (χ4n) is 2.00. The van der Waals surface area contributed by atoms with E-state index < -0.39 is 11.5 Å². The van der Waals surface area contributed by atoms with Gasteiger partial charge in [-0.3, -0.25) is 5.32 Å². The van der Waals surface area contributed by atoms with Gasteiger partial charge in [0.15, 0.2) is 0 Å². The van der Waals surface area contributed by atoms with Gasteiger partial charge >= 0.3 is 5.97 Å². The number of benzene rings is 1. The summed E-state index contributed by atoms with van der Waals surface area (Å²) >= 11 is 0. The number of esters is 1. The molecule has 0 amide bonds. The van der Waals surface area contributed by atoms with Gasteiger partial charge in [0.2, 0.25) is 0 Å². The Bertz CT molecular complexity index is 471. The maximum atomic E-state index is 13.7. The summed E-state index contributed by atoms with van der Waals surface area (Å²) in [5, 5.41) is 3.24. The minimum Gasteiger partial charge on any atom is -0.467 e. The van der Waals surface area contributed by atoms with Crippen molar-refractivity contribution in [3.05, 3.63) is 35.1 Å². The average Bonchev–Trinajstić information content (AvgIpc) is 3.15. The van der Waals surface area contributed by atoms with E-state index >= 15 is 0 Å². The fourth-order valence-corrected chi connectivity index (χ4v) is 2.00. The molecule has 1 aromatic rings. The van der Waals surface area contributed by atoms with E-state index in [4.69, 9.17) is 4.74 Å². The largest absolute Gasteiger partial charge is 0.467 e. The number of methoxy groups -OCH3 is 1.